The monoisotopic (exact) mass is 383 g/mol. The number of methoxy groups -OCH3 is 1. The van der Waals surface area contributed by atoms with Crippen LogP contribution in [0, 0.1) is 13.8 Å². The van der Waals surface area contributed by atoms with E-state index in [1.807, 2.05) is 45.0 Å². The Balaban J connectivity index is 1.92. The van der Waals surface area contributed by atoms with Gasteiger partial charge in [0.15, 0.2) is 11.5 Å². The fourth-order valence-electron chi connectivity index (χ4n) is 2.93. The number of ether oxygens (including phenoxy) is 2. The summed E-state index contributed by atoms with van der Waals surface area (Å²) >= 11 is 0.939. The molecule has 0 saturated carbocycles. The van der Waals surface area contributed by atoms with Crippen molar-refractivity contribution in [3.63, 3.8) is 0 Å². The number of anilines is 1. The van der Waals surface area contributed by atoms with Crippen molar-refractivity contribution in [2.45, 2.75) is 20.8 Å². The van der Waals surface area contributed by atoms with Crippen molar-refractivity contribution < 1.29 is 19.1 Å². The summed E-state index contributed by atoms with van der Waals surface area (Å²) in [5.41, 5.74) is 3.36. The number of aryl methyl sites for hydroxylation is 2. The molecule has 3 rings (SSSR count). The minimum Gasteiger partial charge on any atom is -0.493 e. The first-order valence-corrected chi connectivity index (χ1v) is 9.42. The second kappa shape index (κ2) is 7.88. The fraction of sp³-hybridized carbons (Fsp3) is 0.238. The number of carbonyl (C=O) groups is 2. The molecule has 27 heavy (non-hydrogen) atoms. The van der Waals surface area contributed by atoms with Gasteiger partial charge in [0.1, 0.15) is 0 Å². The van der Waals surface area contributed by atoms with Gasteiger partial charge in [0.05, 0.1) is 24.3 Å². The quantitative estimate of drug-likeness (QED) is 0.684. The van der Waals surface area contributed by atoms with Crippen molar-refractivity contribution in [3.8, 4) is 11.5 Å². The molecule has 2 aromatic carbocycles. The highest BCUT2D eigenvalue weighted by Crippen LogP contribution is 2.38. The lowest BCUT2D eigenvalue weighted by molar-refractivity contribution is -0.113. The average Bonchev–Trinajstić information content (AvgIpc) is 2.90. The normalized spacial score (nSPS) is 15.6. The van der Waals surface area contributed by atoms with Gasteiger partial charge in [-0.3, -0.25) is 9.59 Å². The van der Waals surface area contributed by atoms with Crippen molar-refractivity contribution in [3.05, 3.63) is 58.0 Å². The van der Waals surface area contributed by atoms with Crippen LogP contribution in [0.2, 0.25) is 0 Å². The molecule has 1 aliphatic heterocycles. The first-order valence-electron chi connectivity index (χ1n) is 8.60. The summed E-state index contributed by atoms with van der Waals surface area (Å²) in [4.78, 5) is 26.9. The topological polar surface area (TPSA) is 55.8 Å². The lowest BCUT2D eigenvalue weighted by atomic mass is 10.1. The molecule has 140 valence electrons. The van der Waals surface area contributed by atoms with Gasteiger partial charge in [-0.15, -0.1) is 0 Å². The van der Waals surface area contributed by atoms with E-state index in [4.69, 9.17) is 9.47 Å². The van der Waals surface area contributed by atoms with Crippen LogP contribution in [0.5, 0.6) is 11.5 Å². The van der Waals surface area contributed by atoms with Crippen LogP contribution in [0.4, 0.5) is 10.5 Å². The van der Waals surface area contributed by atoms with Gasteiger partial charge in [-0.2, -0.15) is 0 Å². The summed E-state index contributed by atoms with van der Waals surface area (Å²) < 4.78 is 10.9. The third-order valence-corrected chi connectivity index (χ3v) is 5.04. The number of imide groups is 1. The Kier molecular flexibility index (Phi) is 5.56. The van der Waals surface area contributed by atoms with E-state index in [1.54, 1.807) is 25.3 Å². The van der Waals surface area contributed by atoms with Crippen LogP contribution in [-0.4, -0.2) is 24.9 Å². The van der Waals surface area contributed by atoms with Crippen LogP contribution in [0.3, 0.4) is 0 Å². The first-order chi connectivity index (χ1) is 12.9. The van der Waals surface area contributed by atoms with Crippen molar-refractivity contribution in [1.82, 2.24) is 0 Å². The molecule has 0 radical (unpaired) electrons. The lowest BCUT2D eigenvalue weighted by Crippen LogP contribution is -2.28. The zero-order valence-corrected chi connectivity index (χ0v) is 16.6. The third-order valence-electron chi connectivity index (χ3n) is 4.17. The molecule has 0 spiro atoms. The second-order valence-electron chi connectivity index (χ2n) is 6.15. The molecule has 1 fully saturated rings. The molecule has 2 aromatic rings. The zero-order valence-electron chi connectivity index (χ0n) is 15.7. The molecule has 1 saturated heterocycles. The maximum atomic E-state index is 12.8. The second-order valence-corrected chi connectivity index (χ2v) is 7.14. The van der Waals surface area contributed by atoms with Crippen molar-refractivity contribution in [1.29, 1.82) is 0 Å². The molecule has 0 atom stereocenters. The van der Waals surface area contributed by atoms with Gasteiger partial charge < -0.3 is 9.47 Å². The summed E-state index contributed by atoms with van der Waals surface area (Å²) in [6, 6.07) is 11.1. The van der Waals surface area contributed by atoms with Gasteiger partial charge in [0, 0.05) is 0 Å². The van der Waals surface area contributed by atoms with Gasteiger partial charge in [0.25, 0.3) is 11.1 Å². The van der Waals surface area contributed by atoms with Crippen molar-refractivity contribution >= 4 is 34.7 Å². The van der Waals surface area contributed by atoms with E-state index in [0.29, 0.717) is 28.7 Å². The van der Waals surface area contributed by atoms with Crippen molar-refractivity contribution in [2.24, 2.45) is 0 Å². The zero-order chi connectivity index (χ0) is 19.6. The van der Waals surface area contributed by atoms with E-state index in [2.05, 4.69) is 0 Å². The summed E-state index contributed by atoms with van der Waals surface area (Å²) in [6.45, 7) is 6.30. The molecule has 5 nitrogen and oxygen atoms in total. The van der Waals surface area contributed by atoms with Crippen LogP contribution in [0.1, 0.15) is 23.6 Å². The molecule has 0 N–H and O–H groups in total. The summed E-state index contributed by atoms with van der Waals surface area (Å²) in [7, 11) is 1.57. The predicted octanol–water partition coefficient (Wildman–Crippen LogP) is 4.95. The van der Waals surface area contributed by atoms with E-state index >= 15 is 0 Å². The number of thioether (sulfide) groups is 1. The Hall–Kier alpha value is -2.73. The summed E-state index contributed by atoms with van der Waals surface area (Å²) in [6.07, 6.45) is 1.70. The first kappa shape index (κ1) is 19.0. The van der Waals surface area contributed by atoms with Gasteiger partial charge in [-0.05, 0) is 67.9 Å². The summed E-state index contributed by atoms with van der Waals surface area (Å²) in [5, 5.41) is -0.295. The van der Waals surface area contributed by atoms with Crippen LogP contribution >= 0.6 is 11.8 Å². The van der Waals surface area contributed by atoms with Crippen LogP contribution < -0.4 is 14.4 Å². The Morgan fingerprint density at radius 1 is 1.07 bits per heavy atom. The Bertz CT molecular complexity index is 936. The third kappa shape index (κ3) is 3.85. The minimum atomic E-state index is -0.315. The molecule has 1 heterocycles. The maximum Gasteiger partial charge on any atom is 0.298 e. The molecular formula is C21H21NO4S. The molecule has 0 unspecified atom stereocenters. The number of nitrogens with zero attached hydrogens (tertiary/aromatic N) is 1. The van der Waals surface area contributed by atoms with E-state index < -0.39 is 0 Å². The smallest absolute Gasteiger partial charge is 0.298 e. The maximum absolute atomic E-state index is 12.8. The van der Waals surface area contributed by atoms with E-state index in [0.717, 1.165) is 28.5 Å². The van der Waals surface area contributed by atoms with Gasteiger partial charge in [-0.1, -0.05) is 23.8 Å². The Labute approximate surface area is 163 Å². The van der Waals surface area contributed by atoms with E-state index in [1.165, 1.54) is 4.90 Å². The standard InChI is InChI=1S/C21H21NO4S/c1-5-26-17-9-7-15(11-18(17)25-4)12-19-20(23)22(21(24)27-19)16-8-6-13(2)10-14(16)3/h6-12H,5H2,1-4H3/b19-12-. The highest BCUT2D eigenvalue weighted by atomic mass is 32.2. The van der Waals surface area contributed by atoms with E-state index in [9.17, 15) is 9.59 Å². The predicted molar refractivity (Wildman–Crippen MR) is 109 cm³/mol. The van der Waals surface area contributed by atoms with E-state index in [-0.39, 0.29) is 11.1 Å². The number of hydrogen-bond donors (Lipinski definition) is 0. The number of benzene rings is 2. The minimum absolute atomic E-state index is 0.295. The SMILES string of the molecule is CCOc1ccc(/C=C2\SC(=O)N(c3ccc(C)cc3C)C2=O)cc1OC. The largest absolute Gasteiger partial charge is 0.493 e. The number of carbonyl (C=O) groups excluding carboxylic acids is 2. The lowest BCUT2D eigenvalue weighted by Gasteiger charge is -2.15. The molecule has 2 amide bonds. The molecular weight excluding hydrogens is 362 g/mol. The average molecular weight is 383 g/mol. The summed E-state index contributed by atoms with van der Waals surface area (Å²) in [5.74, 6) is 0.907. The van der Waals surface area contributed by atoms with Crippen LogP contribution in [0.25, 0.3) is 6.08 Å². The Morgan fingerprint density at radius 3 is 2.52 bits per heavy atom. The molecule has 6 heteroatoms. The highest BCUT2D eigenvalue weighted by Gasteiger charge is 2.37. The number of hydrogen-bond acceptors (Lipinski definition) is 5. The van der Waals surface area contributed by atoms with Gasteiger partial charge in [0.2, 0.25) is 0 Å². The molecule has 0 aromatic heterocycles. The van der Waals surface area contributed by atoms with Crippen LogP contribution in [0.15, 0.2) is 41.3 Å². The van der Waals surface area contributed by atoms with Crippen LogP contribution in [-0.2, 0) is 4.79 Å². The molecule has 0 bridgehead atoms. The highest BCUT2D eigenvalue weighted by molar-refractivity contribution is 8.19. The number of rotatable bonds is 5. The molecule has 1 aliphatic rings. The molecule has 0 aliphatic carbocycles. The number of amides is 2. The fourth-order valence-corrected chi connectivity index (χ4v) is 3.77. The van der Waals surface area contributed by atoms with Gasteiger partial charge >= 0.3 is 0 Å². The van der Waals surface area contributed by atoms with Gasteiger partial charge in [-0.25, -0.2) is 4.90 Å². The van der Waals surface area contributed by atoms with Crippen molar-refractivity contribution in [2.75, 3.05) is 18.6 Å². The Morgan fingerprint density at radius 2 is 1.85 bits per heavy atom.